The fourth-order valence-corrected chi connectivity index (χ4v) is 2.79. The van der Waals surface area contributed by atoms with Gasteiger partial charge in [0.1, 0.15) is 0 Å². The number of ether oxygens (including phenoxy) is 2. The molecule has 0 saturated carbocycles. The van der Waals surface area contributed by atoms with Gasteiger partial charge in [0, 0.05) is 26.6 Å². The molecule has 2 N–H and O–H groups in total. The van der Waals surface area contributed by atoms with Gasteiger partial charge in [-0.15, -0.1) is 0 Å². The summed E-state index contributed by atoms with van der Waals surface area (Å²) in [5.41, 5.74) is 0. The summed E-state index contributed by atoms with van der Waals surface area (Å²) < 4.78 is 10.5. The van der Waals surface area contributed by atoms with Gasteiger partial charge in [-0.05, 0) is 38.6 Å². The number of rotatable bonds is 10. The van der Waals surface area contributed by atoms with Crippen molar-refractivity contribution in [1.82, 2.24) is 4.90 Å². The summed E-state index contributed by atoms with van der Waals surface area (Å²) in [5.74, 6) is -0.303. The standard InChI is InChI=1S/C15H29NO5/c1-12(10-20-2)21-11-14(17)9-16-7-3-4-13(8-16)5-6-15(18)19/h12-14,17H,3-11H2,1-2H3,(H,18,19). The fraction of sp³-hybridized carbons (Fsp3) is 0.933. The Morgan fingerprint density at radius 2 is 2.19 bits per heavy atom. The van der Waals surface area contributed by atoms with Gasteiger partial charge in [0.2, 0.25) is 0 Å². The smallest absolute Gasteiger partial charge is 0.303 e. The van der Waals surface area contributed by atoms with Crippen molar-refractivity contribution in [2.24, 2.45) is 5.92 Å². The lowest BCUT2D eigenvalue weighted by atomic mass is 9.93. The molecule has 1 rings (SSSR count). The van der Waals surface area contributed by atoms with E-state index in [1.807, 2.05) is 6.92 Å². The van der Waals surface area contributed by atoms with E-state index in [-0.39, 0.29) is 12.5 Å². The summed E-state index contributed by atoms with van der Waals surface area (Å²) in [6, 6.07) is 0. The summed E-state index contributed by atoms with van der Waals surface area (Å²) in [7, 11) is 1.63. The molecule has 0 radical (unpaired) electrons. The van der Waals surface area contributed by atoms with Gasteiger partial charge in [0.15, 0.2) is 0 Å². The van der Waals surface area contributed by atoms with Crippen molar-refractivity contribution in [1.29, 1.82) is 0 Å². The molecule has 0 amide bonds. The quantitative estimate of drug-likeness (QED) is 0.626. The summed E-state index contributed by atoms with van der Waals surface area (Å²) in [4.78, 5) is 12.8. The topological polar surface area (TPSA) is 79.2 Å². The Balaban J connectivity index is 2.22. The molecule has 1 aliphatic rings. The molecule has 0 aromatic carbocycles. The van der Waals surface area contributed by atoms with E-state index < -0.39 is 12.1 Å². The van der Waals surface area contributed by atoms with Crippen LogP contribution in [0.4, 0.5) is 0 Å². The van der Waals surface area contributed by atoms with Gasteiger partial charge >= 0.3 is 5.97 Å². The summed E-state index contributed by atoms with van der Waals surface area (Å²) in [6.07, 6.45) is 2.58. The second-order valence-corrected chi connectivity index (χ2v) is 5.95. The zero-order valence-corrected chi connectivity index (χ0v) is 13.2. The van der Waals surface area contributed by atoms with E-state index in [1.165, 1.54) is 0 Å². The first-order valence-electron chi connectivity index (χ1n) is 7.74. The molecular formula is C15H29NO5. The maximum absolute atomic E-state index is 10.6. The molecule has 0 aliphatic carbocycles. The maximum atomic E-state index is 10.6. The van der Waals surface area contributed by atoms with E-state index in [4.69, 9.17) is 14.6 Å². The summed E-state index contributed by atoms with van der Waals surface area (Å²) >= 11 is 0. The molecule has 21 heavy (non-hydrogen) atoms. The fourth-order valence-electron chi connectivity index (χ4n) is 2.79. The number of hydrogen-bond acceptors (Lipinski definition) is 5. The maximum Gasteiger partial charge on any atom is 0.303 e. The first-order valence-corrected chi connectivity index (χ1v) is 7.74. The van der Waals surface area contributed by atoms with E-state index in [2.05, 4.69) is 4.90 Å². The van der Waals surface area contributed by atoms with Crippen LogP contribution in [-0.4, -0.2) is 73.2 Å². The lowest BCUT2D eigenvalue weighted by Crippen LogP contribution is -2.42. The van der Waals surface area contributed by atoms with Crippen LogP contribution in [0, 0.1) is 5.92 Å². The highest BCUT2D eigenvalue weighted by molar-refractivity contribution is 5.66. The minimum Gasteiger partial charge on any atom is -0.481 e. The second-order valence-electron chi connectivity index (χ2n) is 5.95. The van der Waals surface area contributed by atoms with Crippen LogP contribution >= 0.6 is 0 Å². The highest BCUT2D eigenvalue weighted by Crippen LogP contribution is 2.21. The van der Waals surface area contributed by atoms with Crippen molar-refractivity contribution in [3.63, 3.8) is 0 Å². The Hall–Kier alpha value is -0.690. The number of aliphatic hydroxyl groups excluding tert-OH is 1. The zero-order valence-electron chi connectivity index (χ0n) is 13.2. The molecule has 0 aromatic heterocycles. The molecule has 3 atom stereocenters. The molecule has 3 unspecified atom stereocenters. The monoisotopic (exact) mass is 303 g/mol. The largest absolute Gasteiger partial charge is 0.481 e. The predicted molar refractivity (Wildman–Crippen MR) is 79.3 cm³/mol. The molecule has 6 nitrogen and oxygen atoms in total. The average Bonchev–Trinajstić information content (AvgIpc) is 2.44. The number of carboxylic acids is 1. The molecule has 0 spiro atoms. The van der Waals surface area contributed by atoms with Crippen LogP contribution in [-0.2, 0) is 14.3 Å². The van der Waals surface area contributed by atoms with Crippen molar-refractivity contribution in [2.75, 3.05) is 40.0 Å². The van der Waals surface area contributed by atoms with Crippen molar-refractivity contribution < 1.29 is 24.5 Å². The number of carboxylic acid groups (broad SMARTS) is 1. The van der Waals surface area contributed by atoms with Gasteiger partial charge in [-0.2, -0.15) is 0 Å². The summed E-state index contributed by atoms with van der Waals surface area (Å²) in [6.45, 7) is 5.17. The van der Waals surface area contributed by atoms with Crippen molar-refractivity contribution in [3.8, 4) is 0 Å². The highest BCUT2D eigenvalue weighted by Gasteiger charge is 2.22. The molecule has 124 valence electrons. The number of likely N-dealkylation sites (tertiary alicyclic amines) is 1. The van der Waals surface area contributed by atoms with Gasteiger partial charge < -0.3 is 24.6 Å². The number of hydrogen-bond donors (Lipinski definition) is 2. The third-order valence-corrected chi connectivity index (χ3v) is 3.81. The Bertz CT molecular complexity index is 300. The molecule has 1 saturated heterocycles. The van der Waals surface area contributed by atoms with Crippen molar-refractivity contribution in [2.45, 2.75) is 44.8 Å². The Morgan fingerprint density at radius 3 is 2.86 bits per heavy atom. The number of carbonyl (C=O) groups is 1. The van der Waals surface area contributed by atoms with Gasteiger partial charge in [0.25, 0.3) is 0 Å². The Morgan fingerprint density at radius 1 is 1.43 bits per heavy atom. The first kappa shape index (κ1) is 18.4. The molecule has 1 aliphatic heterocycles. The van der Waals surface area contributed by atoms with Crippen LogP contribution in [0.3, 0.4) is 0 Å². The van der Waals surface area contributed by atoms with E-state index in [0.29, 0.717) is 25.7 Å². The lowest BCUT2D eigenvalue weighted by Gasteiger charge is -2.33. The van der Waals surface area contributed by atoms with E-state index in [1.54, 1.807) is 7.11 Å². The first-order chi connectivity index (χ1) is 10.0. The predicted octanol–water partition coefficient (Wildman–Crippen LogP) is 0.976. The van der Waals surface area contributed by atoms with Gasteiger partial charge in [-0.1, -0.05) is 0 Å². The van der Waals surface area contributed by atoms with Crippen LogP contribution in [0.15, 0.2) is 0 Å². The minimum atomic E-state index is -0.729. The number of nitrogens with zero attached hydrogens (tertiary/aromatic N) is 1. The Kier molecular flexibility index (Phi) is 8.84. The molecule has 1 heterocycles. The van der Waals surface area contributed by atoms with Crippen LogP contribution in [0.2, 0.25) is 0 Å². The van der Waals surface area contributed by atoms with Crippen LogP contribution in [0.5, 0.6) is 0 Å². The molecule has 0 aromatic rings. The number of methoxy groups -OCH3 is 1. The lowest BCUT2D eigenvalue weighted by molar-refractivity contribution is -0.137. The van der Waals surface area contributed by atoms with E-state index in [9.17, 15) is 9.90 Å². The van der Waals surface area contributed by atoms with Gasteiger partial charge in [0.05, 0.1) is 25.4 Å². The molecule has 1 fully saturated rings. The highest BCUT2D eigenvalue weighted by atomic mass is 16.5. The van der Waals surface area contributed by atoms with Crippen LogP contribution < -0.4 is 0 Å². The van der Waals surface area contributed by atoms with Crippen LogP contribution in [0.1, 0.15) is 32.6 Å². The zero-order chi connectivity index (χ0) is 15.7. The molecule has 0 bridgehead atoms. The van der Waals surface area contributed by atoms with Gasteiger partial charge in [-0.3, -0.25) is 4.79 Å². The minimum absolute atomic E-state index is 0.0191. The van der Waals surface area contributed by atoms with Crippen molar-refractivity contribution >= 4 is 5.97 Å². The van der Waals surface area contributed by atoms with Gasteiger partial charge in [-0.25, -0.2) is 0 Å². The van der Waals surface area contributed by atoms with E-state index >= 15 is 0 Å². The molecular weight excluding hydrogens is 274 g/mol. The SMILES string of the molecule is COCC(C)OCC(O)CN1CCCC(CCC(=O)O)C1. The Labute approximate surface area is 127 Å². The number of piperidine rings is 1. The molecule has 6 heteroatoms. The summed E-state index contributed by atoms with van der Waals surface area (Å²) in [5, 5.41) is 18.8. The second kappa shape index (κ2) is 10.1. The third kappa shape index (κ3) is 8.36. The number of β-amino-alcohol motifs (C(OH)–C–C–N with tert-alkyl or cyclic N) is 1. The van der Waals surface area contributed by atoms with Crippen LogP contribution in [0.25, 0.3) is 0 Å². The number of aliphatic hydroxyl groups is 1. The average molecular weight is 303 g/mol. The number of aliphatic carboxylic acids is 1. The third-order valence-electron chi connectivity index (χ3n) is 3.81. The van der Waals surface area contributed by atoms with E-state index in [0.717, 1.165) is 32.4 Å². The van der Waals surface area contributed by atoms with Crippen molar-refractivity contribution in [3.05, 3.63) is 0 Å². The normalized spacial score (nSPS) is 22.9.